The minimum absolute atomic E-state index is 0.0804. The first-order chi connectivity index (χ1) is 10.1. The fraction of sp³-hybridized carbons (Fsp3) is 0.176. The van der Waals surface area contributed by atoms with E-state index in [0.717, 1.165) is 11.1 Å². The number of nitrogens with zero attached hydrogens (tertiary/aromatic N) is 1. The summed E-state index contributed by atoms with van der Waals surface area (Å²) in [6.45, 7) is 0. The number of hydrogen-bond acceptors (Lipinski definition) is 3. The fourth-order valence-electron chi connectivity index (χ4n) is 2.79. The zero-order chi connectivity index (χ0) is 15.0. The largest absolute Gasteiger partial charge is 0.545 e. The van der Waals surface area contributed by atoms with Crippen molar-refractivity contribution >= 4 is 11.9 Å². The Labute approximate surface area is 122 Å². The Morgan fingerprint density at radius 3 is 2.57 bits per heavy atom. The predicted molar refractivity (Wildman–Crippen MR) is 75.8 cm³/mol. The van der Waals surface area contributed by atoms with Gasteiger partial charge in [-0.2, -0.15) is 0 Å². The topological polar surface area (TPSA) is 60.4 Å². The van der Waals surface area contributed by atoms with Crippen LogP contribution >= 0.6 is 0 Å². The molecule has 21 heavy (non-hydrogen) atoms. The van der Waals surface area contributed by atoms with Crippen LogP contribution < -0.4 is 5.11 Å². The molecule has 1 aliphatic rings. The molecule has 0 aromatic heterocycles. The summed E-state index contributed by atoms with van der Waals surface area (Å²) >= 11 is 0. The van der Waals surface area contributed by atoms with E-state index in [1.807, 2.05) is 30.3 Å². The van der Waals surface area contributed by atoms with Gasteiger partial charge in [0.05, 0.1) is 12.0 Å². The number of hydrogen-bond donors (Lipinski definition) is 0. The standard InChI is InChI=1S/C17H15NO3/c1-18-15(11-5-3-2-4-6-11)10-13-9-12(17(20)21)7-8-14(13)16(18)19/h2-9,15H,10H2,1H3,(H,20,21)/p-1/t15-/m1/s1. The van der Waals surface area contributed by atoms with Crippen LogP contribution in [0.15, 0.2) is 48.5 Å². The van der Waals surface area contributed by atoms with E-state index in [0.29, 0.717) is 12.0 Å². The summed E-state index contributed by atoms with van der Waals surface area (Å²) in [4.78, 5) is 25.1. The Balaban J connectivity index is 2.05. The number of amides is 1. The van der Waals surface area contributed by atoms with Gasteiger partial charge in [0.1, 0.15) is 0 Å². The van der Waals surface area contributed by atoms with Gasteiger partial charge in [-0.05, 0) is 35.2 Å². The summed E-state index contributed by atoms with van der Waals surface area (Å²) in [5, 5.41) is 11.0. The van der Waals surface area contributed by atoms with Crippen molar-refractivity contribution in [3.63, 3.8) is 0 Å². The minimum Gasteiger partial charge on any atom is -0.545 e. The number of rotatable bonds is 2. The molecule has 0 saturated carbocycles. The number of carboxylic acid groups (broad SMARTS) is 1. The van der Waals surface area contributed by atoms with Gasteiger partial charge in [-0.3, -0.25) is 4.79 Å². The van der Waals surface area contributed by atoms with E-state index in [2.05, 4.69) is 0 Å². The SMILES string of the molecule is CN1C(=O)c2ccc(C(=O)[O-])cc2C[C@@H]1c1ccccc1. The van der Waals surface area contributed by atoms with Crippen molar-refractivity contribution < 1.29 is 14.7 Å². The van der Waals surface area contributed by atoms with Crippen molar-refractivity contribution in [1.82, 2.24) is 4.90 Å². The molecule has 2 aromatic rings. The molecule has 4 heteroatoms. The summed E-state index contributed by atoms with van der Waals surface area (Å²) in [7, 11) is 1.77. The van der Waals surface area contributed by atoms with E-state index in [9.17, 15) is 14.7 Å². The van der Waals surface area contributed by atoms with Crippen LogP contribution in [0.1, 0.15) is 37.9 Å². The van der Waals surface area contributed by atoms with Crippen LogP contribution in [-0.2, 0) is 6.42 Å². The molecular weight excluding hydrogens is 266 g/mol. The third kappa shape index (κ3) is 2.29. The van der Waals surface area contributed by atoms with Crippen LogP contribution in [0.25, 0.3) is 0 Å². The zero-order valence-corrected chi connectivity index (χ0v) is 11.6. The van der Waals surface area contributed by atoms with E-state index in [1.54, 1.807) is 24.1 Å². The number of carboxylic acids is 1. The molecule has 0 radical (unpaired) electrons. The molecule has 1 heterocycles. The number of carbonyl (C=O) groups is 2. The van der Waals surface area contributed by atoms with Gasteiger partial charge >= 0.3 is 0 Å². The Morgan fingerprint density at radius 2 is 1.90 bits per heavy atom. The van der Waals surface area contributed by atoms with Gasteiger partial charge in [-0.25, -0.2) is 0 Å². The Kier molecular flexibility index (Phi) is 3.22. The number of aromatic carboxylic acids is 1. The molecule has 0 saturated heterocycles. The van der Waals surface area contributed by atoms with Crippen LogP contribution in [0.2, 0.25) is 0 Å². The quantitative estimate of drug-likeness (QED) is 0.836. The second-order valence-electron chi connectivity index (χ2n) is 5.21. The lowest BCUT2D eigenvalue weighted by Gasteiger charge is -2.34. The van der Waals surface area contributed by atoms with Gasteiger partial charge in [0.25, 0.3) is 5.91 Å². The lowest BCUT2D eigenvalue weighted by Crippen LogP contribution is -2.37. The number of likely N-dealkylation sites (N-methyl/N-ethyl adjacent to an activating group) is 1. The molecule has 1 atom stereocenters. The van der Waals surface area contributed by atoms with Gasteiger partial charge in [-0.1, -0.05) is 36.4 Å². The highest BCUT2D eigenvalue weighted by Gasteiger charge is 2.30. The average molecular weight is 280 g/mol. The minimum atomic E-state index is -1.22. The fourth-order valence-corrected chi connectivity index (χ4v) is 2.79. The van der Waals surface area contributed by atoms with Crippen molar-refractivity contribution in [2.24, 2.45) is 0 Å². The number of fused-ring (bicyclic) bond motifs is 1. The summed E-state index contributed by atoms with van der Waals surface area (Å²) in [5.74, 6) is -1.31. The van der Waals surface area contributed by atoms with Crippen molar-refractivity contribution in [1.29, 1.82) is 0 Å². The lowest BCUT2D eigenvalue weighted by atomic mass is 9.89. The van der Waals surface area contributed by atoms with Crippen molar-refractivity contribution in [3.8, 4) is 0 Å². The maximum absolute atomic E-state index is 12.4. The Morgan fingerprint density at radius 1 is 1.19 bits per heavy atom. The first-order valence-corrected chi connectivity index (χ1v) is 6.74. The van der Waals surface area contributed by atoms with Gasteiger partial charge in [0.15, 0.2) is 0 Å². The average Bonchev–Trinajstić information content (AvgIpc) is 2.51. The molecule has 2 aromatic carbocycles. The predicted octanol–water partition coefficient (Wildman–Crippen LogP) is 1.42. The summed E-state index contributed by atoms with van der Waals surface area (Å²) in [5.41, 5.74) is 2.47. The highest BCUT2D eigenvalue weighted by atomic mass is 16.4. The van der Waals surface area contributed by atoms with Crippen LogP contribution in [-0.4, -0.2) is 23.8 Å². The number of benzene rings is 2. The second-order valence-corrected chi connectivity index (χ2v) is 5.21. The molecule has 4 nitrogen and oxygen atoms in total. The third-order valence-electron chi connectivity index (χ3n) is 3.96. The normalized spacial score (nSPS) is 17.5. The van der Waals surface area contributed by atoms with E-state index in [4.69, 9.17) is 0 Å². The maximum atomic E-state index is 12.4. The lowest BCUT2D eigenvalue weighted by molar-refractivity contribution is -0.255. The monoisotopic (exact) mass is 280 g/mol. The third-order valence-corrected chi connectivity index (χ3v) is 3.96. The molecule has 0 N–H and O–H groups in total. The zero-order valence-electron chi connectivity index (χ0n) is 11.6. The van der Waals surface area contributed by atoms with Gasteiger partial charge in [0.2, 0.25) is 0 Å². The summed E-state index contributed by atoms with van der Waals surface area (Å²) < 4.78 is 0. The molecule has 3 rings (SSSR count). The smallest absolute Gasteiger partial charge is 0.254 e. The molecule has 0 unspecified atom stereocenters. The van der Waals surface area contributed by atoms with Gasteiger partial charge in [0, 0.05) is 12.6 Å². The molecule has 0 spiro atoms. The van der Waals surface area contributed by atoms with Crippen molar-refractivity contribution in [2.75, 3.05) is 7.05 Å². The molecular formula is C17H14NO3-. The highest BCUT2D eigenvalue weighted by Crippen LogP contribution is 2.32. The molecule has 1 amide bonds. The first kappa shape index (κ1) is 13.4. The Bertz CT molecular complexity index is 709. The highest BCUT2D eigenvalue weighted by molar-refractivity contribution is 5.98. The Hall–Kier alpha value is -2.62. The molecule has 0 fully saturated rings. The van der Waals surface area contributed by atoms with E-state index >= 15 is 0 Å². The van der Waals surface area contributed by atoms with Crippen LogP contribution in [0, 0.1) is 0 Å². The summed E-state index contributed by atoms with van der Waals surface area (Å²) in [6.07, 6.45) is 0.600. The molecule has 106 valence electrons. The van der Waals surface area contributed by atoms with E-state index in [-0.39, 0.29) is 17.5 Å². The van der Waals surface area contributed by atoms with Gasteiger partial charge < -0.3 is 14.8 Å². The van der Waals surface area contributed by atoms with Crippen LogP contribution in [0.5, 0.6) is 0 Å². The number of carbonyl (C=O) groups excluding carboxylic acids is 2. The molecule has 0 aliphatic carbocycles. The van der Waals surface area contributed by atoms with Crippen LogP contribution in [0.3, 0.4) is 0 Å². The van der Waals surface area contributed by atoms with E-state index < -0.39 is 5.97 Å². The van der Waals surface area contributed by atoms with Crippen molar-refractivity contribution in [2.45, 2.75) is 12.5 Å². The van der Waals surface area contributed by atoms with E-state index in [1.165, 1.54) is 6.07 Å². The maximum Gasteiger partial charge on any atom is 0.254 e. The second kappa shape index (κ2) is 5.05. The molecule has 0 bridgehead atoms. The first-order valence-electron chi connectivity index (χ1n) is 6.74. The molecule has 1 aliphatic heterocycles. The van der Waals surface area contributed by atoms with Crippen LogP contribution in [0.4, 0.5) is 0 Å². The van der Waals surface area contributed by atoms with Gasteiger partial charge in [-0.15, -0.1) is 0 Å². The van der Waals surface area contributed by atoms with Crippen molar-refractivity contribution in [3.05, 3.63) is 70.8 Å². The summed E-state index contributed by atoms with van der Waals surface area (Å²) in [6, 6.07) is 14.2.